The summed E-state index contributed by atoms with van der Waals surface area (Å²) in [7, 11) is 1.64. The van der Waals surface area contributed by atoms with Crippen molar-refractivity contribution >= 4 is 5.70 Å². The Kier molecular flexibility index (Phi) is 2.50. The van der Waals surface area contributed by atoms with Gasteiger partial charge in [0.25, 0.3) is 0 Å². The van der Waals surface area contributed by atoms with Gasteiger partial charge in [0.2, 0.25) is 0 Å². The van der Waals surface area contributed by atoms with E-state index in [1.165, 1.54) is 0 Å². The van der Waals surface area contributed by atoms with Crippen molar-refractivity contribution in [3.05, 3.63) is 24.0 Å². The predicted molar refractivity (Wildman–Crippen MR) is 47.2 cm³/mol. The van der Waals surface area contributed by atoms with Crippen molar-refractivity contribution in [1.29, 1.82) is 0 Å². The number of hydrogen-bond donors (Lipinski definition) is 2. The molecule has 0 spiro atoms. The summed E-state index contributed by atoms with van der Waals surface area (Å²) < 4.78 is 5.09. The monoisotopic (exact) mass is 167 g/mol. The molecule has 4 heteroatoms. The zero-order valence-corrected chi connectivity index (χ0v) is 7.29. The molecule has 0 amide bonds. The second-order valence-corrected chi connectivity index (χ2v) is 2.61. The summed E-state index contributed by atoms with van der Waals surface area (Å²) in [4.78, 5) is 0. The average molecular weight is 167 g/mol. The summed E-state index contributed by atoms with van der Waals surface area (Å²) in [6.07, 6.45) is 0.00519. The molecular formula is C8H13N3O. The lowest BCUT2D eigenvalue weighted by atomic mass is 10.2. The van der Waals surface area contributed by atoms with Gasteiger partial charge in [-0.2, -0.15) is 5.10 Å². The Hall–Kier alpha value is -1.29. The van der Waals surface area contributed by atoms with E-state index in [4.69, 9.17) is 10.5 Å². The van der Waals surface area contributed by atoms with E-state index in [-0.39, 0.29) is 6.10 Å². The molecule has 1 heterocycles. The standard InChI is InChI=1S/C8H13N3O/c1-5(9)7-4-8(11-10-7)6(2)12-3/h4,6H,1,9H2,2-3H3,(H,10,11). The fourth-order valence-corrected chi connectivity index (χ4v) is 0.836. The van der Waals surface area contributed by atoms with Gasteiger partial charge in [0.1, 0.15) is 5.69 Å². The topological polar surface area (TPSA) is 63.9 Å². The number of rotatable bonds is 3. The number of methoxy groups -OCH3 is 1. The number of hydrogen-bond acceptors (Lipinski definition) is 3. The van der Waals surface area contributed by atoms with Crippen LogP contribution >= 0.6 is 0 Å². The van der Waals surface area contributed by atoms with Crippen molar-refractivity contribution in [2.24, 2.45) is 5.73 Å². The first-order chi connectivity index (χ1) is 5.65. The van der Waals surface area contributed by atoms with Crippen molar-refractivity contribution in [2.75, 3.05) is 7.11 Å². The van der Waals surface area contributed by atoms with Crippen molar-refractivity contribution in [3.63, 3.8) is 0 Å². The van der Waals surface area contributed by atoms with Gasteiger partial charge in [-0.05, 0) is 13.0 Å². The summed E-state index contributed by atoms with van der Waals surface area (Å²) >= 11 is 0. The average Bonchev–Trinajstić information content (AvgIpc) is 2.51. The molecule has 1 aromatic heterocycles. The van der Waals surface area contributed by atoms with Crippen LogP contribution in [-0.4, -0.2) is 17.3 Å². The Morgan fingerprint density at radius 2 is 2.50 bits per heavy atom. The summed E-state index contributed by atoms with van der Waals surface area (Å²) in [6, 6.07) is 1.83. The molecule has 1 atom stereocenters. The number of nitrogens with two attached hydrogens (primary N) is 1. The molecule has 3 N–H and O–H groups in total. The van der Waals surface area contributed by atoms with Crippen LogP contribution in [0, 0.1) is 0 Å². The third-order valence-electron chi connectivity index (χ3n) is 1.72. The highest BCUT2D eigenvalue weighted by atomic mass is 16.5. The molecule has 1 aromatic rings. The van der Waals surface area contributed by atoms with E-state index in [0.29, 0.717) is 11.4 Å². The van der Waals surface area contributed by atoms with Crippen LogP contribution in [-0.2, 0) is 4.74 Å². The van der Waals surface area contributed by atoms with Crippen LogP contribution in [0.2, 0.25) is 0 Å². The van der Waals surface area contributed by atoms with E-state index in [1.54, 1.807) is 7.11 Å². The van der Waals surface area contributed by atoms with E-state index in [2.05, 4.69) is 16.8 Å². The summed E-state index contributed by atoms with van der Waals surface area (Å²) in [5.74, 6) is 0. The van der Waals surface area contributed by atoms with Gasteiger partial charge in [-0.1, -0.05) is 6.58 Å². The molecule has 0 bridgehead atoms. The third kappa shape index (κ3) is 1.65. The maximum atomic E-state index is 5.45. The quantitative estimate of drug-likeness (QED) is 0.707. The molecule has 0 saturated heterocycles. The molecular weight excluding hydrogens is 154 g/mol. The van der Waals surface area contributed by atoms with Crippen LogP contribution in [0.4, 0.5) is 0 Å². The lowest BCUT2D eigenvalue weighted by Gasteiger charge is -2.04. The Bertz CT molecular complexity index is 280. The lowest BCUT2D eigenvalue weighted by molar-refractivity contribution is 0.116. The smallest absolute Gasteiger partial charge is 0.107 e. The van der Waals surface area contributed by atoms with E-state index in [0.717, 1.165) is 5.69 Å². The molecule has 4 nitrogen and oxygen atoms in total. The van der Waals surface area contributed by atoms with Crippen LogP contribution in [0.1, 0.15) is 24.4 Å². The second-order valence-electron chi connectivity index (χ2n) is 2.61. The van der Waals surface area contributed by atoms with Gasteiger partial charge in [0.15, 0.2) is 0 Å². The van der Waals surface area contributed by atoms with Gasteiger partial charge < -0.3 is 10.5 Å². The first kappa shape index (κ1) is 8.80. The predicted octanol–water partition coefficient (Wildman–Crippen LogP) is 1.05. The van der Waals surface area contributed by atoms with Crippen molar-refractivity contribution in [3.8, 4) is 0 Å². The van der Waals surface area contributed by atoms with Gasteiger partial charge in [-0.3, -0.25) is 5.10 Å². The summed E-state index contributed by atoms with van der Waals surface area (Å²) in [6.45, 7) is 5.51. The lowest BCUT2D eigenvalue weighted by Crippen LogP contribution is -1.95. The first-order valence-corrected chi connectivity index (χ1v) is 3.68. The molecule has 0 aliphatic heterocycles. The number of H-pyrrole nitrogens is 1. The van der Waals surface area contributed by atoms with Crippen LogP contribution in [0.25, 0.3) is 5.70 Å². The van der Waals surface area contributed by atoms with Gasteiger partial charge in [-0.15, -0.1) is 0 Å². The van der Waals surface area contributed by atoms with Gasteiger partial charge in [-0.25, -0.2) is 0 Å². The highest BCUT2D eigenvalue weighted by molar-refractivity contribution is 5.56. The third-order valence-corrected chi connectivity index (χ3v) is 1.72. The maximum Gasteiger partial charge on any atom is 0.107 e. The van der Waals surface area contributed by atoms with Gasteiger partial charge in [0, 0.05) is 7.11 Å². The van der Waals surface area contributed by atoms with Gasteiger partial charge in [0.05, 0.1) is 17.5 Å². The largest absolute Gasteiger partial charge is 0.397 e. The van der Waals surface area contributed by atoms with Crippen molar-refractivity contribution in [1.82, 2.24) is 10.2 Å². The van der Waals surface area contributed by atoms with Crippen LogP contribution in [0.5, 0.6) is 0 Å². The van der Waals surface area contributed by atoms with E-state index in [1.807, 2.05) is 13.0 Å². The molecule has 0 aliphatic carbocycles. The molecule has 1 unspecified atom stereocenters. The Labute approximate surface area is 71.4 Å². The van der Waals surface area contributed by atoms with Crippen LogP contribution in [0.3, 0.4) is 0 Å². The summed E-state index contributed by atoms with van der Waals surface area (Å²) in [5, 5.41) is 6.78. The molecule has 1 rings (SSSR count). The number of nitrogens with zero attached hydrogens (tertiary/aromatic N) is 1. The zero-order chi connectivity index (χ0) is 9.14. The highest BCUT2D eigenvalue weighted by Crippen LogP contribution is 2.15. The van der Waals surface area contributed by atoms with Crippen LogP contribution < -0.4 is 5.73 Å². The molecule has 66 valence electrons. The Morgan fingerprint density at radius 3 is 2.92 bits per heavy atom. The highest BCUT2D eigenvalue weighted by Gasteiger charge is 2.07. The zero-order valence-electron chi connectivity index (χ0n) is 7.29. The number of aromatic amines is 1. The minimum absolute atomic E-state index is 0.00519. The fourth-order valence-electron chi connectivity index (χ4n) is 0.836. The van der Waals surface area contributed by atoms with Crippen molar-refractivity contribution in [2.45, 2.75) is 13.0 Å². The molecule has 12 heavy (non-hydrogen) atoms. The fraction of sp³-hybridized carbons (Fsp3) is 0.375. The SMILES string of the molecule is C=C(N)c1cc(C(C)OC)[nH]n1. The molecule has 0 fully saturated rings. The summed E-state index contributed by atoms with van der Waals surface area (Å²) in [5.41, 5.74) is 7.49. The molecule has 0 saturated carbocycles. The number of nitrogens with one attached hydrogen (secondary N) is 1. The molecule has 0 radical (unpaired) electrons. The Balaban J connectivity index is 2.84. The molecule has 0 aromatic carbocycles. The maximum absolute atomic E-state index is 5.45. The number of ether oxygens (including phenoxy) is 1. The Morgan fingerprint density at radius 1 is 1.83 bits per heavy atom. The molecule has 0 aliphatic rings. The normalized spacial score (nSPS) is 12.8. The first-order valence-electron chi connectivity index (χ1n) is 3.68. The van der Waals surface area contributed by atoms with E-state index >= 15 is 0 Å². The van der Waals surface area contributed by atoms with Crippen molar-refractivity contribution < 1.29 is 4.74 Å². The minimum Gasteiger partial charge on any atom is -0.397 e. The van der Waals surface area contributed by atoms with Crippen LogP contribution in [0.15, 0.2) is 12.6 Å². The second kappa shape index (κ2) is 3.40. The van der Waals surface area contributed by atoms with Gasteiger partial charge >= 0.3 is 0 Å². The van der Waals surface area contributed by atoms with E-state index in [9.17, 15) is 0 Å². The van der Waals surface area contributed by atoms with E-state index < -0.39 is 0 Å². The number of aromatic nitrogens is 2. The minimum atomic E-state index is 0.00519.